The van der Waals surface area contributed by atoms with Gasteiger partial charge in [-0.25, -0.2) is 0 Å². The van der Waals surface area contributed by atoms with Crippen LogP contribution in [-0.2, 0) is 4.79 Å². The first-order chi connectivity index (χ1) is 10.7. The fraction of sp³-hybridized carbons (Fsp3) is 0.294. The number of carbonyl (C=O) groups is 1. The summed E-state index contributed by atoms with van der Waals surface area (Å²) >= 11 is 6.10. The number of amides is 1. The Bertz CT molecular complexity index is 641. The number of halogens is 1. The second-order valence-electron chi connectivity index (χ2n) is 5.44. The summed E-state index contributed by atoms with van der Waals surface area (Å²) in [6.07, 6.45) is 2.60. The molecule has 0 radical (unpaired) electrons. The van der Waals surface area contributed by atoms with Crippen molar-refractivity contribution in [2.45, 2.75) is 12.5 Å². The smallest absolute Gasteiger partial charge is 0.225 e. The van der Waals surface area contributed by atoms with E-state index >= 15 is 0 Å². The van der Waals surface area contributed by atoms with E-state index in [9.17, 15) is 4.79 Å². The summed E-state index contributed by atoms with van der Waals surface area (Å²) in [5.41, 5.74) is 1.74. The number of nitrogens with one attached hydrogen (secondary N) is 2. The fourth-order valence-corrected chi connectivity index (χ4v) is 2.90. The third-order valence-corrected chi connectivity index (χ3v) is 4.12. The zero-order valence-corrected chi connectivity index (χ0v) is 12.9. The summed E-state index contributed by atoms with van der Waals surface area (Å²) in [5.74, 6) is 0.0750. The Hall–Kier alpha value is -1.91. The minimum Gasteiger partial charge on any atom is -0.343 e. The first-order valence-electron chi connectivity index (χ1n) is 7.41. The van der Waals surface area contributed by atoms with E-state index in [1.807, 2.05) is 42.5 Å². The van der Waals surface area contributed by atoms with E-state index in [0.29, 0.717) is 5.02 Å². The lowest BCUT2D eigenvalue weighted by molar-refractivity contribution is -0.124. The average Bonchev–Trinajstić information content (AvgIpc) is 3.08. The van der Waals surface area contributed by atoms with Gasteiger partial charge in [-0.3, -0.25) is 9.78 Å². The second-order valence-corrected chi connectivity index (χ2v) is 5.88. The van der Waals surface area contributed by atoms with Gasteiger partial charge in [0.05, 0.1) is 17.7 Å². The van der Waals surface area contributed by atoms with Crippen LogP contribution in [0.2, 0.25) is 5.02 Å². The molecule has 2 atom stereocenters. The highest BCUT2D eigenvalue weighted by atomic mass is 35.5. The van der Waals surface area contributed by atoms with Crippen LogP contribution in [0.25, 0.3) is 0 Å². The predicted molar refractivity (Wildman–Crippen MR) is 86.7 cm³/mol. The van der Waals surface area contributed by atoms with Crippen molar-refractivity contribution in [3.63, 3.8) is 0 Å². The average molecular weight is 316 g/mol. The minimum absolute atomic E-state index is 0.0189. The Morgan fingerprint density at radius 3 is 2.91 bits per heavy atom. The van der Waals surface area contributed by atoms with Crippen molar-refractivity contribution in [1.29, 1.82) is 0 Å². The number of nitrogens with zero attached hydrogens (tertiary/aromatic N) is 1. The highest BCUT2D eigenvalue weighted by Gasteiger charge is 2.26. The summed E-state index contributed by atoms with van der Waals surface area (Å²) in [4.78, 5) is 16.9. The molecular formula is C17H18ClN3O. The predicted octanol–water partition coefficient (Wildman–Crippen LogP) is 2.55. The zero-order chi connectivity index (χ0) is 15.4. The van der Waals surface area contributed by atoms with Gasteiger partial charge in [0, 0.05) is 17.8 Å². The second kappa shape index (κ2) is 6.90. The van der Waals surface area contributed by atoms with Crippen LogP contribution in [0.15, 0.2) is 48.7 Å². The lowest BCUT2D eigenvalue weighted by Crippen LogP contribution is -2.35. The molecule has 1 amide bonds. The minimum atomic E-state index is -0.284. The highest BCUT2D eigenvalue weighted by molar-refractivity contribution is 6.30. The molecule has 4 nitrogen and oxygen atoms in total. The summed E-state index contributed by atoms with van der Waals surface area (Å²) < 4.78 is 0. The van der Waals surface area contributed by atoms with Crippen LogP contribution in [0.3, 0.4) is 0 Å². The Balaban J connectivity index is 1.87. The van der Waals surface area contributed by atoms with E-state index in [2.05, 4.69) is 15.6 Å². The number of benzene rings is 1. The van der Waals surface area contributed by atoms with Crippen molar-refractivity contribution in [1.82, 2.24) is 15.6 Å². The number of hydrogen-bond donors (Lipinski definition) is 2. The molecule has 22 heavy (non-hydrogen) atoms. The maximum absolute atomic E-state index is 12.5. The number of hydrogen-bond acceptors (Lipinski definition) is 3. The lowest BCUT2D eigenvalue weighted by Gasteiger charge is -2.21. The van der Waals surface area contributed by atoms with Crippen molar-refractivity contribution in [3.8, 4) is 0 Å². The van der Waals surface area contributed by atoms with E-state index in [4.69, 9.17) is 11.6 Å². The number of aromatic nitrogens is 1. The molecule has 2 aromatic rings. The molecular weight excluding hydrogens is 298 g/mol. The molecule has 1 aromatic heterocycles. The Kier molecular flexibility index (Phi) is 4.71. The molecule has 5 heteroatoms. The summed E-state index contributed by atoms with van der Waals surface area (Å²) in [6, 6.07) is 12.9. The van der Waals surface area contributed by atoms with Gasteiger partial charge in [0.2, 0.25) is 5.91 Å². The Morgan fingerprint density at radius 2 is 2.23 bits per heavy atom. The molecule has 1 aliphatic rings. The van der Waals surface area contributed by atoms with Crippen molar-refractivity contribution in [3.05, 3.63) is 64.9 Å². The van der Waals surface area contributed by atoms with Crippen LogP contribution in [0.1, 0.15) is 23.7 Å². The van der Waals surface area contributed by atoms with E-state index in [-0.39, 0.29) is 17.9 Å². The number of carbonyl (C=O) groups excluding carboxylic acids is 1. The third kappa shape index (κ3) is 3.46. The molecule has 0 saturated carbocycles. The standard InChI is InChI=1S/C17H18ClN3O/c18-14-5-3-4-12(10-14)16(15-6-1-2-8-20-15)21-17(22)13-7-9-19-11-13/h1-6,8,10,13,16,19H,7,9,11H2,(H,21,22). The molecule has 2 unspecified atom stereocenters. The van der Waals surface area contributed by atoms with Gasteiger partial charge in [-0.1, -0.05) is 29.8 Å². The molecule has 1 aliphatic heterocycles. The van der Waals surface area contributed by atoms with Crippen LogP contribution in [-0.4, -0.2) is 24.0 Å². The monoisotopic (exact) mass is 315 g/mol. The zero-order valence-electron chi connectivity index (χ0n) is 12.1. The Labute approximate surface area is 134 Å². The van der Waals surface area contributed by atoms with Crippen molar-refractivity contribution in [2.24, 2.45) is 5.92 Å². The van der Waals surface area contributed by atoms with Crippen LogP contribution >= 0.6 is 11.6 Å². The molecule has 2 N–H and O–H groups in total. The molecule has 114 valence electrons. The Morgan fingerprint density at radius 1 is 1.32 bits per heavy atom. The lowest BCUT2D eigenvalue weighted by atomic mass is 10.0. The maximum Gasteiger partial charge on any atom is 0.225 e. The maximum atomic E-state index is 12.5. The van der Waals surface area contributed by atoms with E-state index in [0.717, 1.165) is 30.8 Å². The third-order valence-electron chi connectivity index (χ3n) is 3.88. The van der Waals surface area contributed by atoms with Gasteiger partial charge >= 0.3 is 0 Å². The largest absolute Gasteiger partial charge is 0.343 e. The van der Waals surface area contributed by atoms with Gasteiger partial charge in [0.1, 0.15) is 0 Å². The molecule has 1 fully saturated rings. The normalized spacial score (nSPS) is 18.9. The fourth-order valence-electron chi connectivity index (χ4n) is 2.70. The van der Waals surface area contributed by atoms with Crippen LogP contribution in [0.5, 0.6) is 0 Å². The molecule has 0 spiro atoms. The highest BCUT2D eigenvalue weighted by Crippen LogP contribution is 2.24. The van der Waals surface area contributed by atoms with Gasteiger partial charge in [0.25, 0.3) is 0 Å². The van der Waals surface area contributed by atoms with Crippen molar-refractivity contribution >= 4 is 17.5 Å². The molecule has 2 heterocycles. The van der Waals surface area contributed by atoms with Gasteiger partial charge in [-0.05, 0) is 42.8 Å². The van der Waals surface area contributed by atoms with Gasteiger partial charge < -0.3 is 10.6 Å². The quantitative estimate of drug-likeness (QED) is 0.911. The molecule has 0 aliphatic carbocycles. The number of rotatable bonds is 4. The summed E-state index contributed by atoms with van der Waals surface area (Å²) in [7, 11) is 0. The SMILES string of the molecule is O=C(NC(c1cccc(Cl)c1)c1ccccn1)C1CCNC1. The van der Waals surface area contributed by atoms with E-state index in [1.54, 1.807) is 6.20 Å². The number of pyridine rings is 1. The molecule has 1 saturated heterocycles. The first-order valence-corrected chi connectivity index (χ1v) is 7.79. The van der Waals surface area contributed by atoms with Gasteiger partial charge in [-0.15, -0.1) is 0 Å². The van der Waals surface area contributed by atoms with Crippen LogP contribution in [0, 0.1) is 5.92 Å². The first kappa shape index (κ1) is 15.0. The van der Waals surface area contributed by atoms with Gasteiger partial charge in [-0.2, -0.15) is 0 Å². The van der Waals surface area contributed by atoms with Crippen molar-refractivity contribution < 1.29 is 4.79 Å². The van der Waals surface area contributed by atoms with Crippen LogP contribution < -0.4 is 10.6 Å². The summed E-state index contributed by atoms with van der Waals surface area (Å²) in [6.45, 7) is 1.62. The van der Waals surface area contributed by atoms with E-state index in [1.165, 1.54) is 0 Å². The topological polar surface area (TPSA) is 54.0 Å². The molecule has 3 rings (SSSR count). The van der Waals surface area contributed by atoms with Crippen LogP contribution in [0.4, 0.5) is 0 Å². The molecule has 0 bridgehead atoms. The van der Waals surface area contributed by atoms with Gasteiger partial charge in [0.15, 0.2) is 0 Å². The van der Waals surface area contributed by atoms with Crippen molar-refractivity contribution in [2.75, 3.05) is 13.1 Å². The summed E-state index contributed by atoms with van der Waals surface area (Å²) in [5, 5.41) is 6.98. The van der Waals surface area contributed by atoms with E-state index < -0.39 is 0 Å². The molecule has 1 aromatic carbocycles.